The highest BCUT2D eigenvalue weighted by Gasteiger charge is 2.39. The van der Waals surface area contributed by atoms with E-state index < -0.39 is 11.3 Å². The average Bonchev–Trinajstić information content (AvgIpc) is 2.83. The summed E-state index contributed by atoms with van der Waals surface area (Å²) in [5, 5.41) is 11.1. The summed E-state index contributed by atoms with van der Waals surface area (Å²) in [5.74, 6) is -1.38. The molecule has 1 unspecified atom stereocenters. The molecular weight excluding hydrogens is 340 g/mol. The number of thioether (sulfide) groups is 1. The third kappa shape index (κ3) is 3.83. The molecule has 0 aromatic heterocycles. The molecule has 2 aromatic carbocycles. The summed E-state index contributed by atoms with van der Waals surface area (Å²) in [6.45, 7) is 2.00. The van der Waals surface area contributed by atoms with E-state index in [0.29, 0.717) is 5.56 Å². The Bertz CT molecular complexity index is 852. The number of hydrogen-bond donors (Lipinski definition) is 2. The summed E-state index contributed by atoms with van der Waals surface area (Å²) in [5.41, 5.74) is 2.54. The second kappa shape index (κ2) is 6.98. The lowest BCUT2D eigenvalue weighted by Gasteiger charge is -2.15. The van der Waals surface area contributed by atoms with Crippen molar-refractivity contribution in [2.45, 2.75) is 18.8 Å². The topological polar surface area (TPSA) is 86.7 Å². The number of benzene rings is 2. The largest absolute Gasteiger partial charge is 0.478 e. The van der Waals surface area contributed by atoms with E-state index in [2.05, 4.69) is 5.32 Å². The number of carbonyl (C=O) groups excluding carboxylic acids is 2. The van der Waals surface area contributed by atoms with Gasteiger partial charge in [-0.3, -0.25) is 14.5 Å². The molecule has 1 aliphatic rings. The highest BCUT2D eigenvalue weighted by molar-refractivity contribution is 8.15. The molecule has 0 radical (unpaired) electrons. The van der Waals surface area contributed by atoms with Gasteiger partial charge in [0, 0.05) is 5.69 Å². The van der Waals surface area contributed by atoms with Crippen LogP contribution in [-0.2, 0) is 11.3 Å². The Morgan fingerprint density at radius 3 is 2.68 bits per heavy atom. The van der Waals surface area contributed by atoms with E-state index in [-0.39, 0.29) is 23.3 Å². The van der Waals surface area contributed by atoms with Gasteiger partial charge in [0.25, 0.3) is 11.1 Å². The van der Waals surface area contributed by atoms with Crippen molar-refractivity contribution >= 4 is 34.6 Å². The lowest BCUT2D eigenvalue weighted by atomic mass is 10.1. The smallest absolute Gasteiger partial charge is 0.335 e. The summed E-state index contributed by atoms with van der Waals surface area (Å²) in [6.07, 6.45) is 0. The first-order valence-corrected chi connectivity index (χ1v) is 8.49. The maximum absolute atomic E-state index is 12.5. The predicted molar refractivity (Wildman–Crippen MR) is 95.5 cm³/mol. The summed E-state index contributed by atoms with van der Waals surface area (Å²) < 4.78 is 0. The van der Waals surface area contributed by atoms with Crippen molar-refractivity contribution in [3.05, 3.63) is 65.2 Å². The maximum atomic E-state index is 12.5. The minimum absolute atomic E-state index is 0.0534. The quantitative estimate of drug-likeness (QED) is 0.855. The Balaban J connectivity index is 1.73. The standard InChI is InChI=1S/C18H16N2O4S/c1-11-4-2-7-14(8-11)19-15-16(21)20(18(24)25-15)10-12-5-3-6-13(9-12)17(22)23/h2-9,15,19H,10H2,1H3,(H,22,23). The zero-order valence-corrected chi connectivity index (χ0v) is 14.2. The molecule has 6 nitrogen and oxygen atoms in total. The number of carbonyl (C=O) groups is 3. The number of amides is 2. The molecule has 2 amide bonds. The van der Waals surface area contributed by atoms with Crippen LogP contribution in [0.2, 0.25) is 0 Å². The second-order valence-electron chi connectivity index (χ2n) is 5.71. The molecule has 0 bridgehead atoms. The minimum Gasteiger partial charge on any atom is -0.478 e. The lowest BCUT2D eigenvalue weighted by molar-refractivity contribution is -0.126. The normalized spacial score (nSPS) is 17.0. The molecule has 0 aliphatic carbocycles. The Hall–Kier alpha value is -2.80. The van der Waals surface area contributed by atoms with Crippen LogP contribution in [0.3, 0.4) is 0 Å². The van der Waals surface area contributed by atoms with Gasteiger partial charge in [0.15, 0.2) is 5.37 Å². The number of imide groups is 1. The van der Waals surface area contributed by atoms with Crippen molar-refractivity contribution in [3.63, 3.8) is 0 Å². The van der Waals surface area contributed by atoms with E-state index in [1.807, 2.05) is 31.2 Å². The van der Waals surface area contributed by atoms with E-state index in [0.717, 1.165) is 27.9 Å². The molecular formula is C18H16N2O4S. The Labute approximate surface area is 148 Å². The van der Waals surface area contributed by atoms with Crippen LogP contribution in [-0.4, -0.2) is 32.5 Å². The molecule has 0 spiro atoms. The Morgan fingerprint density at radius 2 is 1.96 bits per heavy atom. The van der Waals surface area contributed by atoms with E-state index in [1.54, 1.807) is 12.1 Å². The first-order chi connectivity index (χ1) is 11.9. The summed E-state index contributed by atoms with van der Waals surface area (Å²) in [6, 6.07) is 13.8. The van der Waals surface area contributed by atoms with Gasteiger partial charge >= 0.3 is 5.97 Å². The molecule has 2 aromatic rings. The highest BCUT2D eigenvalue weighted by atomic mass is 32.2. The van der Waals surface area contributed by atoms with E-state index >= 15 is 0 Å². The van der Waals surface area contributed by atoms with Crippen molar-refractivity contribution in [2.24, 2.45) is 0 Å². The molecule has 7 heteroatoms. The van der Waals surface area contributed by atoms with Gasteiger partial charge in [-0.15, -0.1) is 0 Å². The summed E-state index contributed by atoms with van der Waals surface area (Å²) in [7, 11) is 0. The molecule has 1 fully saturated rings. The van der Waals surface area contributed by atoms with Crippen LogP contribution in [0.5, 0.6) is 0 Å². The maximum Gasteiger partial charge on any atom is 0.335 e. The van der Waals surface area contributed by atoms with Crippen LogP contribution in [0.25, 0.3) is 0 Å². The molecule has 1 saturated heterocycles. The lowest BCUT2D eigenvalue weighted by Crippen LogP contribution is -2.34. The van der Waals surface area contributed by atoms with Gasteiger partial charge in [-0.2, -0.15) is 0 Å². The van der Waals surface area contributed by atoms with Gasteiger partial charge in [0.05, 0.1) is 12.1 Å². The second-order valence-corrected chi connectivity index (χ2v) is 6.76. The van der Waals surface area contributed by atoms with Gasteiger partial charge in [-0.1, -0.05) is 24.3 Å². The van der Waals surface area contributed by atoms with E-state index in [1.165, 1.54) is 12.1 Å². The van der Waals surface area contributed by atoms with Gasteiger partial charge in [0.1, 0.15) is 0 Å². The number of carboxylic acid groups (broad SMARTS) is 1. The third-order valence-electron chi connectivity index (χ3n) is 3.76. The van der Waals surface area contributed by atoms with Crippen LogP contribution >= 0.6 is 11.8 Å². The Morgan fingerprint density at radius 1 is 1.20 bits per heavy atom. The molecule has 3 rings (SSSR count). The SMILES string of the molecule is Cc1cccc(NC2SC(=O)N(Cc3cccc(C(=O)O)c3)C2=O)c1. The van der Waals surface area contributed by atoms with Crippen LogP contribution in [0.4, 0.5) is 10.5 Å². The fraction of sp³-hybridized carbons (Fsp3) is 0.167. The third-order valence-corrected chi connectivity index (χ3v) is 4.74. The molecule has 2 N–H and O–H groups in total. The minimum atomic E-state index is -1.05. The number of rotatable bonds is 5. The van der Waals surface area contributed by atoms with E-state index in [9.17, 15) is 14.4 Å². The van der Waals surface area contributed by atoms with Crippen molar-refractivity contribution in [3.8, 4) is 0 Å². The number of aryl methyl sites for hydroxylation is 1. The van der Waals surface area contributed by atoms with Crippen molar-refractivity contribution in [1.29, 1.82) is 0 Å². The first-order valence-electron chi connectivity index (χ1n) is 7.61. The Kier molecular flexibility index (Phi) is 4.76. The van der Waals surface area contributed by atoms with Crippen LogP contribution in [0, 0.1) is 6.92 Å². The number of carboxylic acids is 1. The number of nitrogens with zero attached hydrogens (tertiary/aromatic N) is 1. The van der Waals surface area contributed by atoms with Gasteiger partial charge < -0.3 is 10.4 Å². The molecule has 25 heavy (non-hydrogen) atoms. The van der Waals surface area contributed by atoms with Gasteiger partial charge in [-0.25, -0.2) is 4.79 Å². The molecule has 1 heterocycles. The highest BCUT2D eigenvalue weighted by Crippen LogP contribution is 2.29. The van der Waals surface area contributed by atoms with Crippen molar-refractivity contribution in [1.82, 2.24) is 4.90 Å². The zero-order valence-electron chi connectivity index (χ0n) is 13.4. The van der Waals surface area contributed by atoms with Gasteiger partial charge in [-0.05, 0) is 54.1 Å². The molecule has 0 saturated carbocycles. The number of hydrogen-bond acceptors (Lipinski definition) is 5. The predicted octanol–water partition coefficient (Wildman–Crippen LogP) is 3.33. The number of nitrogens with one attached hydrogen (secondary N) is 1. The zero-order chi connectivity index (χ0) is 18.0. The van der Waals surface area contributed by atoms with Crippen molar-refractivity contribution < 1.29 is 19.5 Å². The molecule has 1 atom stereocenters. The average molecular weight is 356 g/mol. The molecule has 128 valence electrons. The van der Waals surface area contributed by atoms with Crippen LogP contribution in [0.1, 0.15) is 21.5 Å². The first kappa shape index (κ1) is 17.0. The van der Waals surface area contributed by atoms with Crippen LogP contribution < -0.4 is 5.32 Å². The summed E-state index contributed by atoms with van der Waals surface area (Å²) in [4.78, 5) is 36.9. The van der Waals surface area contributed by atoms with Crippen molar-refractivity contribution in [2.75, 3.05) is 5.32 Å². The number of anilines is 1. The molecule has 1 aliphatic heterocycles. The fourth-order valence-electron chi connectivity index (χ4n) is 2.55. The fourth-order valence-corrected chi connectivity index (χ4v) is 3.46. The van der Waals surface area contributed by atoms with Crippen LogP contribution in [0.15, 0.2) is 48.5 Å². The number of aromatic carboxylic acids is 1. The monoisotopic (exact) mass is 356 g/mol. The summed E-state index contributed by atoms with van der Waals surface area (Å²) >= 11 is 0.922. The van der Waals surface area contributed by atoms with Gasteiger partial charge in [0.2, 0.25) is 0 Å². The van der Waals surface area contributed by atoms with E-state index in [4.69, 9.17) is 5.11 Å².